The van der Waals surface area contributed by atoms with Gasteiger partial charge in [0.1, 0.15) is 5.01 Å². The lowest BCUT2D eigenvalue weighted by Crippen LogP contribution is -2.28. The van der Waals surface area contributed by atoms with E-state index >= 15 is 0 Å². The van der Waals surface area contributed by atoms with E-state index in [-0.39, 0.29) is 0 Å². The number of hydrogen-bond acceptors (Lipinski definition) is 3. The van der Waals surface area contributed by atoms with Crippen LogP contribution in [-0.4, -0.2) is 16.4 Å². The quantitative estimate of drug-likeness (QED) is 0.808. The maximum absolute atomic E-state index is 4.42. The van der Waals surface area contributed by atoms with Gasteiger partial charge in [0.2, 0.25) is 0 Å². The smallest absolute Gasteiger partial charge is 0.107 e. The van der Waals surface area contributed by atoms with Crippen molar-refractivity contribution in [2.75, 3.05) is 5.33 Å². The Morgan fingerprint density at radius 1 is 1.64 bits per heavy atom. The Balaban J connectivity index is 2.31. The van der Waals surface area contributed by atoms with Gasteiger partial charge in [0.25, 0.3) is 0 Å². The SMILES string of the molecule is CCC(CCBr)NCc1nc(C)cs1. The summed E-state index contributed by atoms with van der Waals surface area (Å²) in [6, 6.07) is 0.610. The van der Waals surface area contributed by atoms with Crippen LogP contribution in [0.5, 0.6) is 0 Å². The first kappa shape index (κ1) is 12.1. The van der Waals surface area contributed by atoms with E-state index < -0.39 is 0 Å². The first-order chi connectivity index (χ1) is 6.76. The average Bonchev–Trinajstić information content (AvgIpc) is 2.59. The predicted molar refractivity (Wildman–Crippen MR) is 66.2 cm³/mol. The summed E-state index contributed by atoms with van der Waals surface area (Å²) in [6.45, 7) is 5.16. The van der Waals surface area contributed by atoms with Crippen LogP contribution in [0.4, 0.5) is 0 Å². The van der Waals surface area contributed by atoms with Crippen molar-refractivity contribution in [2.24, 2.45) is 0 Å². The second kappa shape index (κ2) is 6.53. The first-order valence-electron chi connectivity index (χ1n) is 4.96. The summed E-state index contributed by atoms with van der Waals surface area (Å²) in [4.78, 5) is 4.42. The van der Waals surface area contributed by atoms with Crippen LogP contribution in [0.15, 0.2) is 5.38 Å². The summed E-state index contributed by atoms with van der Waals surface area (Å²) in [5, 5.41) is 7.87. The minimum Gasteiger partial charge on any atom is -0.308 e. The van der Waals surface area contributed by atoms with Crippen molar-refractivity contribution in [1.82, 2.24) is 10.3 Å². The van der Waals surface area contributed by atoms with E-state index in [1.165, 1.54) is 17.8 Å². The van der Waals surface area contributed by atoms with E-state index in [0.29, 0.717) is 6.04 Å². The number of alkyl halides is 1. The average molecular weight is 277 g/mol. The summed E-state index contributed by atoms with van der Waals surface area (Å²) in [7, 11) is 0. The molecule has 1 N–H and O–H groups in total. The molecule has 0 amide bonds. The number of nitrogens with zero attached hydrogens (tertiary/aromatic N) is 1. The zero-order chi connectivity index (χ0) is 10.4. The number of rotatable bonds is 6. The molecule has 1 unspecified atom stereocenters. The third-order valence-corrected chi connectivity index (χ3v) is 3.58. The number of hydrogen-bond donors (Lipinski definition) is 1. The predicted octanol–water partition coefficient (Wildman–Crippen LogP) is 3.10. The van der Waals surface area contributed by atoms with Crippen LogP contribution < -0.4 is 5.32 Å². The molecule has 0 saturated heterocycles. The molecule has 0 aliphatic carbocycles. The van der Waals surface area contributed by atoms with Crippen LogP contribution >= 0.6 is 27.3 Å². The molecule has 80 valence electrons. The standard InChI is InChI=1S/C10H17BrN2S/c1-3-9(4-5-11)12-6-10-13-8(2)7-14-10/h7,9,12H,3-6H2,1-2H3. The molecule has 4 heteroatoms. The molecule has 1 rings (SSSR count). The van der Waals surface area contributed by atoms with Crippen molar-refractivity contribution in [1.29, 1.82) is 0 Å². The highest BCUT2D eigenvalue weighted by Gasteiger charge is 2.05. The zero-order valence-corrected chi connectivity index (χ0v) is 11.1. The van der Waals surface area contributed by atoms with Gasteiger partial charge in [-0.3, -0.25) is 0 Å². The molecule has 0 fully saturated rings. The van der Waals surface area contributed by atoms with Gasteiger partial charge in [0, 0.05) is 29.0 Å². The fraction of sp³-hybridized carbons (Fsp3) is 0.700. The molecular weight excluding hydrogens is 260 g/mol. The van der Waals surface area contributed by atoms with Crippen molar-refractivity contribution in [3.05, 3.63) is 16.1 Å². The summed E-state index contributed by atoms with van der Waals surface area (Å²) >= 11 is 5.20. The van der Waals surface area contributed by atoms with Gasteiger partial charge in [-0.25, -0.2) is 4.98 Å². The Labute approximate surface area is 98.3 Å². The van der Waals surface area contributed by atoms with Crippen molar-refractivity contribution in [3.63, 3.8) is 0 Å². The molecule has 1 aromatic heterocycles. The molecular formula is C10H17BrN2S. The van der Waals surface area contributed by atoms with E-state index in [9.17, 15) is 0 Å². The molecule has 1 heterocycles. The Bertz CT molecular complexity index is 262. The summed E-state index contributed by atoms with van der Waals surface area (Å²) in [6.07, 6.45) is 2.36. The molecule has 0 aromatic carbocycles. The lowest BCUT2D eigenvalue weighted by Gasteiger charge is -2.14. The molecule has 0 aliphatic heterocycles. The van der Waals surface area contributed by atoms with Crippen LogP contribution in [0.25, 0.3) is 0 Å². The van der Waals surface area contributed by atoms with Crippen molar-refractivity contribution in [2.45, 2.75) is 39.3 Å². The van der Waals surface area contributed by atoms with E-state index in [0.717, 1.165) is 17.6 Å². The minimum absolute atomic E-state index is 0.610. The highest BCUT2D eigenvalue weighted by atomic mass is 79.9. The zero-order valence-electron chi connectivity index (χ0n) is 8.72. The summed E-state index contributed by atoms with van der Waals surface area (Å²) < 4.78 is 0. The fourth-order valence-corrected chi connectivity index (χ4v) is 2.57. The van der Waals surface area contributed by atoms with Crippen LogP contribution in [0, 0.1) is 6.92 Å². The molecule has 0 radical (unpaired) electrons. The van der Waals surface area contributed by atoms with E-state index in [4.69, 9.17) is 0 Å². The van der Waals surface area contributed by atoms with Crippen molar-refractivity contribution < 1.29 is 0 Å². The third-order valence-electron chi connectivity index (χ3n) is 2.16. The highest BCUT2D eigenvalue weighted by molar-refractivity contribution is 9.09. The van der Waals surface area contributed by atoms with Gasteiger partial charge in [0.05, 0.1) is 0 Å². The van der Waals surface area contributed by atoms with E-state index in [1.807, 2.05) is 6.92 Å². The lowest BCUT2D eigenvalue weighted by molar-refractivity contribution is 0.487. The Morgan fingerprint density at radius 3 is 2.93 bits per heavy atom. The van der Waals surface area contributed by atoms with Crippen molar-refractivity contribution >= 4 is 27.3 Å². The molecule has 14 heavy (non-hydrogen) atoms. The summed E-state index contributed by atoms with van der Waals surface area (Å²) in [5.41, 5.74) is 1.13. The number of nitrogens with one attached hydrogen (secondary N) is 1. The molecule has 1 aromatic rings. The van der Waals surface area contributed by atoms with Gasteiger partial charge in [-0.2, -0.15) is 0 Å². The normalized spacial score (nSPS) is 13.1. The van der Waals surface area contributed by atoms with Crippen molar-refractivity contribution in [3.8, 4) is 0 Å². The fourth-order valence-electron chi connectivity index (χ4n) is 1.30. The van der Waals surface area contributed by atoms with Gasteiger partial charge in [-0.1, -0.05) is 22.9 Å². The monoisotopic (exact) mass is 276 g/mol. The molecule has 0 spiro atoms. The minimum atomic E-state index is 0.610. The van der Waals surface area contributed by atoms with Crippen LogP contribution in [0.2, 0.25) is 0 Å². The van der Waals surface area contributed by atoms with Gasteiger partial charge in [-0.05, 0) is 19.8 Å². The van der Waals surface area contributed by atoms with E-state index in [2.05, 4.69) is 38.5 Å². The second-order valence-electron chi connectivity index (χ2n) is 3.35. The van der Waals surface area contributed by atoms with Gasteiger partial charge in [-0.15, -0.1) is 11.3 Å². The third kappa shape index (κ3) is 4.07. The topological polar surface area (TPSA) is 24.9 Å². The van der Waals surface area contributed by atoms with Crippen LogP contribution in [0.1, 0.15) is 30.5 Å². The molecule has 1 atom stereocenters. The Morgan fingerprint density at radius 2 is 2.43 bits per heavy atom. The molecule has 0 bridgehead atoms. The maximum atomic E-state index is 4.42. The van der Waals surface area contributed by atoms with Gasteiger partial charge >= 0.3 is 0 Å². The Kier molecular flexibility index (Phi) is 5.67. The Hall–Kier alpha value is 0.0700. The second-order valence-corrected chi connectivity index (χ2v) is 5.08. The van der Waals surface area contributed by atoms with Crippen LogP contribution in [0.3, 0.4) is 0 Å². The van der Waals surface area contributed by atoms with Gasteiger partial charge < -0.3 is 5.32 Å². The molecule has 0 aliphatic rings. The summed E-state index contributed by atoms with van der Waals surface area (Å²) in [5.74, 6) is 0. The molecule has 2 nitrogen and oxygen atoms in total. The number of halogens is 1. The van der Waals surface area contributed by atoms with Crippen LogP contribution in [-0.2, 0) is 6.54 Å². The molecule has 0 saturated carbocycles. The van der Waals surface area contributed by atoms with E-state index in [1.54, 1.807) is 11.3 Å². The highest BCUT2D eigenvalue weighted by Crippen LogP contribution is 2.09. The largest absolute Gasteiger partial charge is 0.308 e. The number of thiazole rings is 1. The maximum Gasteiger partial charge on any atom is 0.107 e. The number of aromatic nitrogens is 1. The number of aryl methyl sites for hydroxylation is 1. The lowest BCUT2D eigenvalue weighted by atomic mass is 10.2. The van der Waals surface area contributed by atoms with Gasteiger partial charge in [0.15, 0.2) is 0 Å². The first-order valence-corrected chi connectivity index (χ1v) is 6.96.